The first-order valence-electron chi connectivity index (χ1n) is 9.73. The molecule has 0 fully saturated rings. The molecule has 0 rings (SSSR count). The summed E-state index contributed by atoms with van der Waals surface area (Å²) in [6.45, 7) is 2.15. The van der Waals surface area contributed by atoms with Gasteiger partial charge < -0.3 is 10.2 Å². The Morgan fingerprint density at radius 2 is 1.39 bits per heavy atom. The Morgan fingerprint density at radius 3 is 1.91 bits per heavy atom. The van der Waals surface area contributed by atoms with Gasteiger partial charge in [0.1, 0.15) is 0 Å². The molecule has 0 aromatic carbocycles. The molecule has 0 amide bonds. The van der Waals surface area contributed by atoms with Crippen molar-refractivity contribution in [2.75, 3.05) is 0 Å². The van der Waals surface area contributed by atoms with Gasteiger partial charge in [0.2, 0.25) is 0 Å². The number of aliphatic carboxylic acids is 1. The van der Waals surface area contributed by atoms with Gasteiger partial charge in [0.05, 0.1) is 6.10 Å². The topological polar surface area (TPSA) is 57.5 Å². The predicted molar refractivity (Wildman–Crippen MR) is 97.7 cm³/mol. The average Bonchev–Trinajstić information content (AvgIpc) is 2.52. The molecule has 23 heavy (non-hydrogen) atoms. The fourth-order valence-corrected chi connectivity index (χ4v) is 2.72. The third-order valence-electron chi connectivity index (χ3n) is 4.22. The Bertz CT molecular complexity index is 287. The average molecular weight is 327 g/mol. The number of carbonyl (C=O) groups is 1. The molecule has 0 aliphatic rings. The monoisotopic (exact) mass is 326 g/mol. The van der Waals surface area contributed by atoms with Gasteiger partial charge in [-0.05, 0) is 25.7 Å². The molecule has 1 atom stereocenters. The molecule has 0 spiro atoms. The summed E-state index contributed by atoms with van der Waals surface area (Å²) in [5.41, 5.74) is 0. The van der Waals surface area contributed by atoms with E-state index in [9.17, 15) is 9.90 Å². The molecule has 0 aromatic heterocycles. The van der Waals surface area contributed by atoms with Crippen molar-refractivity contribution < 1.29 is 15.0 Å². The SMILES string of the molecule is CCCC[C@@H](O)/C=C\CCCCCCCCCCCCC(=O)O. The zero-order valence-electron chi connectivity index (χ0n) is 15.1. The van der Waals surface area contributed by atoms with E-state index in [-0.39, 0.29) is 6.10 Å². The molecular weight excluding hydrogens is 288 g/mol. The standard InChI is InChI=1S/C20H38O3/c1-2-3-16-19(21)17-14-12-10-8-6-4-5-7-9-11-13-15-18-20(22)23/h14,17,19,21H,2-13,15-16,18H2,1H3,(H,22,23)/b17-14-/t19-/m1/s1. The summed E-state index contributed by atoms with van der Waals surface area (Å²) in [5, 5.41) is 18.2. The second-order valence-corrected chi connectivity index (χ2v) is 6.61. The number of hydrogen-bond donors (Lipinski definition) is 2. The number of aliphatic hydroxyl groups is 1. The van der Waals surface area contributed by atoms with Gasteiger partial charge in [-0.2, -0.15) is 0 Å². The highest BCUT2D eigenvalue weighted by molar-refractivity contribution is 5.66. The van der Waals surface area contributed by atoms with Crippen molar-refractivity contribution in [3.63, 3.8) is 0 Å². The summed E-state index contributed by atoms with van der Waals surface area (Å²) in [7, 11) is 0. The number of hydrogen-bond acceptors (Lipinski definition) is 2. The summed E-state index contributed by atoms with van der Waals surface area (Å²) >= 11 is 0. The van der Waals surface area contributed by atoms with Crippen LogP contribution in [0.2, 0.25) is 0 Å². The van der Waals surface area contributed by atoms with Gasteiger partial charge in [-0.25, -0.2) is 0 Å². The predicted octanol–water partition coefficient (Wildman–Crippen LogP) is 5.86. The molecule has 136 valence electrons. The minimum atomic E-state index is -0.671. The van der Waals surface area contributed by atoms with Crippen molar-refractivity contribution in [3.8, 4) is 0 Å². The number of carboxylic acids is 1. The Kier molecular flexibility index (Phi) is 16.9. The number of allylic oxidation sites excluding steroid dienone is 1. The van der Waals surface area contributed by atoms with Crippen LogP contribution in [0.3, 0.4) is 0 Å². The lowest BCUT2D eigenvalue weighted by Gasteiger charge is -2.03. The molecule has 0 aliphatic carbocycles. The lowest BCUT2D eigenvalue weighted by Crippen LogP contribution is -2.00. The maximum absolute atomic E-state index is 10.4. The van der Waals surface area contributed by atoms with Crippen molar-refractivity contribution in [3.05, 3.63) is 12.2 Å². The highest BCUT2D eigenvalue weighted by atomic mass is 16.4. The quantitative estimate of drug-likeness (QED) is 0.260. The number of rotatable bonds is 17. The van der Waals surface area contributed by atoms with Crippen LogP contribution in [0.1, 0.15) is 103 Å². The van der Waals surface area contributed by atoms with Crippen LogP contribution in [0, 0.1) is 0 Å². The van der Waals surface area contributed by atoms with Crippen LogP contribution >= 0.6 is 0 Å². The molecule has 0 aliphatic heterocycles. The number of unbranched alkanes of at least 4 members (excludes halogenated alkanes) is 11. The Hall–Kier alpha value is -0.830. The van der Waals surface area contributed by atoms with Gasteiger partial charge >= 0.3 is 5.97 Å². The molecule has 0 unspecified atom stereocenters. The summed E-state index contributed by atoms with van der Waals surface area (Å²) in [5.74, 6) is -0.671. The van der Waals surface area contributed by atoms with E-state index in [1.807, 2.05) is 6.08 Å². The highest BCUT2D eigenvalue weighted by Crippen LogP contribution is 2.12. The first kappa shape index (κ1) is 22.2. The van der Waals surface area contributed by atoms with Crippen LogP contribution in [0.5, 0.6) is 0 Å². The van der Waals surface area contributed by atoms with E-state index in [0.29, 0.717) is 6.42 Å². The van der Waals surface area contributed by atoms with Crippen LogP contribution < -0.4 is 0 Å². The molecule has 3 heteroatoms. The summed E-state index contributed by atoms with van der Waals surface area (Å²) in [6.07, 6.45) is 20.5. The van der Waals surface area contributed by atoms with Gasteiger partial charge in [0, 0.05) is 6.42 Å². The zero-order valence-corrected chi connectivity index (χ0v) is 15.1. The summed E-state index contributed by atoms with van der Waals surface area (Å²) in [4.78, 5) is 10.4. The van der Waals surface area contributed by atoms with E-state index in [4.69, 9.17) is 5.11 Å². The van der Waals surface area contributed by atoms with Crippen molar-refractivity contribution in [1.82, 2.24) is 0 Å². The third kappa shape index (κ3) is 19.1. The molecule has 0 saturated heterocycles. The highest BCUT2D eigenvalue weighted by Gasteiger charge is 1.98. The van der Waals surface area contributed by atoms with Crippen LogP contribution in [0.15, 0.2) is 12.2 Å². The summed E-state index contributed by atoms with van der Waals surface area (Å²) < 4.78 is 0. The van der Waals surface area contributed by atoms with Crippen molar-refractivity contribution >= 4 is 5.97 Å². The fourth-order valence-electron chi connectivity index (χ4n) is 2.72. The van der Waals surface area contributed by atoms with E-state index in [1.54, 1.807) is 0 Å². The molecular formula is C20H38O3. The van der Waals surface area contributed by atoms with Gasteiger partial charge in [-0.3, -0.25) is 4.79 Å². The zero-order chi connectivity index (χ0) is 17.2. The smallest absolute Gasteiger partial charge is 0.303 e. The van der Waals surface area contributed by atoms with E-state index in [2.05, 4.69) is 13.0 Å². The normalized spacial score (nSPS) is 12.8. The maximum atomic E-state index is 10.4. The lowest BCUT2D eigenvalue weighted by atomic mass is 10.0. The minimum Gasteiger partial charge on any atom is -0.481 e. The molecule has 0 radical (unpaired) electrons. The first-order chi connectivity index (χ1) is 11.2. The van der Waals surface area contributed by atoms with Gasteiger partial charge in [0.15, 0.2) is 0 Å². The van der Waals surface area contributed by atoms with Crippen molar-refractivity contribution in [2.24, 2.45) is 0 Å². The molecule has 0 bridgehead atoms. The fraction of sp³-hybridized carbons (Fsp3) is 0.850. The largest absolute Gasteiger partial charge is 0.481 e. The molecule has 0 saturated carbocycles. The summed E-state index contributed by atoms with van der Waals surface area (Å²) in [6, 6.07) is 0. The maximum Gasteiger partial charge on any atom is 0.303 e. The number of carboxylic acid groups (broad SMARTS) is 1. The van der Waals surface area contributed by atoms with Crippen LogP contribution in [0.25, 0.3) is 0 Å². The third-order valence-corrected chi connectivity index (χ3v) is 4.22. The molecule has 3 nitrogen and oxygen atoms in total. The van der Waals surface area contributed by atoms with E-state index >= 15 is 0 Å². The van der Waals surface area contributed by atoms with E-state index < -0.39 is 5.97 Å². The van der Waals surface area contributed by atoms with Crippen molar-refractivity contribution in [1.29, 1.82) is 0 Å². The lowest BCUT2D eigenvalue weighted by molar-refractivity contribution is -0.137. The van der Waals surface area contributed by atoms with Crippen LogP contribution in [-0.2, 0) is 4.79 Å². The Labute approximate surface area is 143 Å². The molecule has 0 aromatic rings. The molecule has 0 heterocycles. The van der Waals surface area contributed by atoms with Crippen LogP contribution in [-0.4, -0.2) is 22.3 Å². The van der Waals surface area contributed by atoms with Crippen LogP contribution in [0.4, 0.5) is 0 Å². The second kappa shape index (κ2) is 17.5. The van der Waals surface area contributed by atoms with Crippen molar-refractivity contribution in [2.45, 2.75) is 109 Å². The van der Waals surface area contributed by atoms with E-state index in [1.165, 1.54) is 51.4 Å². The van der Waals surface area contributed by atoms with Gasteiger partial charge in [0.25, 0.3) is 0 Å². The minimum absolute atomic E-state index is 0.245. The van der Waals surface area contributed by atoms with Gasteiger partial charge in [-0.1, -0.05) is 83.3 Å². The van der Waals surface area contributed by atoms with E-state index in [0.717, 1.165) is 38.5 Å². The number of aliphatic hydroxyl groups excluding tert-OH is 1. The first-order valence-corrected chi connectivity index (χ1v) is 9.73. The Balaban J connectivity index is 3.16. The molecule has 2 N–H and O–H groups in total. The van der Waals surface area contributed by atoms with Gasteiger partial charge in [-0.15, -0.1) is 0 Å². The Morgan fingerprint density at radius 1 is 0.870 bits per heavy atom. The second-order valence-electron chi connectivity index (χ2n) is 6.61.